The fourth-order valence-corrected chi connectivity index (χ4v) is 3.03. The van der Waals surface area contributed by atoms with E-state index in [-0.39, 0.29) is 12.2 Å². The van der Waals surface area contributed by atoms with E-state index >= 15 is 0 Å². The zero-order valence-corrected chi connectivity index (χ0v) is 13.6. The van der Waals surface area contributed by atoms with Crippen molar-refractivity contribution in [1.82, 2.24) is 10.1 Å². The Balaban J connectivity index is 1.53. The van der Waals surface area contributed by atoms with Crippen molar-refractivity contribution in [3.05, 3.63) is 54.2 Å². The minimum Gasteiger partial charge on any atom is -0.480 e. The van der Waals surface area contributed by atoms with Crippen LogP contribution in [-0.2, 0) is 4.74 Å². The maximum absolute atomic E-state index is 6.08. The second-order valence-electron chi connectivity index (χ2n) is 6.08. The van der Waals surface area contributed by atoms with Crippen molar-refractivity contribution in [1.29, 1.82) is 0 Å². The molecular formula is C19H20N2O3. The molecule has 1 saturated heterocycles. The molecule has 2 aromatic carbocycles. The van der Waals surface area contributed by atoms with Gasteiger partial charge in [0.05, 0.1) is 0 Å². The van der Waals surface area contributed by atoms with Crippen LogP contribution in [0.4, 0.5) is 0 Å². The van der Waals surface area contributed by atoms with E-state index in [2.05, 4.69) is 22.3 Å². The van der Waals surface area contributed by atoms with Crippen molar-refractivity contribution in [2.45, 2.75) is 38.4 Å². The predicted octanol–water partition coefficient (Wildman–Crippen LogP) is 4.60. The molecule has 0 saturated carbocycles. The number of nitrogens with zero attached hydrogens (tertiary/aromatic N) is 2. The van der Waals surface area contributed by atoms with Gasteiger partial charge >= 0.3 is 0 Å². The summed E-state index contributed by atoms with van der Waals surface area (Å²) in [5.74, 6) is 1.92. The molecule has 2 unspecified atom stereocenters. The van der Waals surface area contributed by atoms with E-state index in [1.807, 2.05) is 37.3 Å². The topological polar surface area (TPSA) is 57.4 Å². The van der Waals surface area contributed by atoms with Crippen LogP contribution in [0.2, 0.25) is 0 Å². The molecule has 1 aliphatic rings. The molecule has 5 heteroatoms. The van der Waals surface area contributed by atoms with Gasteiger partial charge in [0.25, 0.3) is 5.89 Å². The van der Waals surface area contributed by atoms with Gasteiger partial charge in [-0.25, -0.2) is 0 Å². The minimum atomic E-state index is -0.319. The highest BCUT2D eigenvalue weighted by molar-refractivity contribution is 5.88. The second-order valence-corrected chi connectivity index (χ2v) is 6.08. The van der Waals surface area contributed by atoms with Crippen LogP contribution in [0, 0.1) is 0 Å². The summed E-state index contributed by atoms with van der Waals surface area (Å²) < 4.78 is 17.2. The molecule has 0 aliphatic carbocycles. The van der Waals surface area contributed by atoms with Gasteiger partial charge in [-0.05, 0) is 37.6 Å². The first-order valence-electron chi connectivity index (χ1n) is 8.41. The van der Waals surface area contributed by atoms with Crippen LogP contribution >= 0.6 is 0 Å². The van der Waals surface area contributed by atoms with Crippen molar-refractivity contribution in [3.63, 3.8) is 0 Å². The predicted molar refractivity (Wildman–Crippen MR) is 89.8 cm³/mol. The number of hydrogen-bond acceptors (Lipinski definition) is 5. The molecule has 3 aromatic rings. The first-order chi connectivity index (χ1) is 11.8. The largest absolute Gasteiger partial charge is 0.480 e. The molecule has 5 nitrogen and oxygen atoms in total. The van der Waals surface area contributed by atoms with E-state index in [9.17, 15) is 0 Å². The van der Waals surface area contributed by atoms with Gasteiger partial charge in [0.15, 0.2) is 6.10 Å². The van der Waals surface area contributed by atoms with Crippen LogP contribution in [0.25, 0.3) is 10.8 Å². The van der Waals surface area contributed by atoms with Crippen LogP contribution < -0.4 is 4.74 Å². The molecular weight excluding hydrogens is 304 g/mol. The molecule has 0 bridgehead atoms. The number of benzene rings is 2. The number of rotatable bonds is 4. The third-order valence-corrected chi connectivity index (χ3v) is 4.33. The lowest BCUT2D eigenvalue weighted by Crippen LogP contribution is -2.13. The molecule has 1 aromatic heterocycles. The Bertz CT molecular complexity index is 819. The molecule has 0 N–H and O–H groups in total. The zero-order valence-electron chi connectivity index (χ0n) is 13.6. The summed E-state index contributed by atoms with van der Waals surface area (Å²) >= 11 is 0. The van der Waals surface area contributed by atoms with Crippen LogP contribution in [0.1, 0.15) is 50.1 Å². The molecule has 24 heavy (non-hydrogen) atoms. The maximum atomic E-state index is 6.08. The molecule has 0 spiro atoms. The third kappa shape index (κ3) is 2.99. The summed E-state index contributed by atoms with van der Waals surface area (Å²) in [7, 11) is 0. The third-order valence-electron chi connectivity index (χ3n) is 4.33. The summed E-state index contributed by atoms with van der Waals surface area (Å²) in [4.78, 5) is 4.48. The van der Waals surface area contributed by atoms with Crippen molar-refractivity contribution in [2.75, 3.05) is 6.61 Å². The number of ether oxygens (including phenoxy) is 2. The van der Waals surface area contributed by atoms with Crippen LogP contribution in [-0.4, -0.2) is 16.7 Å². The van der Waals surface area contributed by atoms with E-state index in [1.165, 1.54) is 0 Å². The van der Waals surface area contributed by atoms with Gasteiger partial charge in [-0.3, -0.25) is 0 Å². The molecule has 0 radical (unpaired) electrons. The van der Waals surface area contributed by atoms with E-state index < -0.39 is 0 Å². The van der Waals surface area contributed by atoms with Crippen molar-refractivity contribution in [3.8, 4) is 5.75 Å². The van der Waals surface area contributed by atoms with Crippen molar-refractivity contribution < 1.29 is 14.0 Å². The highest BCUT2D eigenvalue weighted by atomic mass is 16.5. The Morgan fingerprint density at radius 2 is 2.00 bits per heavy atom. The van der Waals surface area contributed by atoms with E-state index in [4.69, 9.17) is 14.0 Å². The molecule has 0 amide bonds. The van der Waals surface area contributed by atoms with Crippen LogP contribution in [0.15, 0.2) is 47.0 Å². The van der Waals surface area contributed by atoms with Crippen molar-refractivity contribution in [2.24, 2.45) is 0 Å². The van der Waals surface area contributed by atoms with E-state index in [1.54, 1.807) is 0 Å². The SMILES string of the molecule is CC(Oc1cccc2ccccc12)c1nc(C2CCCCO2)no1. The Hall–Kier alpha value is -2.40. The first-order valence-corrected chi connectivity index (χ1v) is 8.41. The summed E-state index contributed by atoms with van der Waals surface area (Å²) in [6, 6.07) is 14.2. The van der Waals surface area contributed by atoms with Crippen molar-refractivity contribution >= 4 is 10.8 Å². The van der Waals surface area contributed by atoms with Gasteiger partial charge in [0, 0.05) is 12.0 Å². The fraction of sp³-hybridized carbons (Fsp3) is 0.368. The van der Waals surface area contributed by atoms with Gasteiger partial charge in [-0.1, -0.05) is 41.6 Å². The average molecular weight is 324 g/mol. The average Bonchev–Trinajstić information content (AvgIpc) is 3.13. The Kier molecular flexibility index (Phi) is 4.17. The summed E-state index contributed by atoms with van der Waals surface area (Å²) in [6.45, 7) is 2.68. The minimum absolute atomic E-state index is 0.0546. The fourth-order valence-electron chi connectivity index (χ4n) is 3.03. The molecule has 1 aliphatic heterocycles. The number of fused-ring (bicyclic) bond motifs is 1. The highest BCUT2D eigenvalue weighted by Gasteiger charge is 2.24. The van der Waals surface area contributed by atoms with Gasteiger partial charge in [0.2, 0.25) is 5.82 Å². The smallest absolute Gasteiger partial charge is 0.267 e. The lowest BCUT2D eigenvalue weighted by atomic mass is 10.1. The summed E-state index contributed by atoms with van der Waals surface area (Å²) in [5, 5.41) is 6.29. The number of hydrogen-bond donors (Lipinski definition) is 0. The van der Waals surface area contributed by atoms with Crippen LogP contribution in [0.5, 0.6) is 5.75 Å². The standard InChI is InChI=1S/C19H20N2O3/c1-13(19-20-18(21-24-19)17-10-4-5-12-22-17)23-16-11-6-8-14-7-2-3-9-15(14)16/h2-3,6-9,11,13,17H,4-5,10,12H2,1H3. The molecule has 124 valence electrons. The van der Waals surface area contributed by atoms with E-state index in [0.29, 0.717) is 11.7 Å². The quantitative estimate of drug-likeness (QED) is 0.701. The lowest BCUT2D eigenvalue weighted by molar-refractivity contribution is 0.00821. The Morgan fingerprint density at radius 1 is 1.12 bits per heavy atom. The zero-order chi connectivity index (χ0) is 16.4. The van der Waals surface area contributed by atoms with Gasteiger partial charge in [-0.2, -0.15) is 4.98 Å². The van der Waals surface area contributed by atoms with Gasteiger partial charge in [-0.15, -0.1) is 0 Å². The highest BCUT2D eigenvalue weighted by Crippen LogP contribution is 2.30. The Morgan fingerprint density at radius 3 is 2.88 bits per heavy atom. The van der Waals surface area contributed by atoms with E-state index in [0.717, 1.165) is 42.4 Å². The summed E-state index contributed by atoms with van der Waals surface area (Å²) in [6.07, 6.45) is 2.80. The molecule has 1 fully saturated rings. The molecule has 4 rings (SSSR count). The Labute approximate surface area is 140 Å². The number of aromatic nitrogens is 2. The summed E-state index contributed by atoms with van der Waals surface area (Å²) in [5.41, 5.74) is 0. The monoisotopic (exact) mass is 324 g/mol. The van der Waals surface area contributed by atoms with Gasteiger partial charge in [0.1, 0.15) is 11.9 Å². The maximum Gasteiger partial charge on any atom is 0.267 e. The molecule has 2 atom stereocenters. The normalized spacial score (nSPS) is 19.3. The lowest BCUT2D eigenvalue weighted by Gasteiger charge is -2.19. The van der Waals surface area contributed by atoms with Gasteiger partial charge < -0.3 is 14.0 Å². The molecule has 2 heterocycles. The first kappa shape index (κ1) is 15.1. The second kappa shape index (κ2) is 6.61. The van der Waals surface area contributed by atoms with Crippen LogP contribution in [0.3, 0.4) is 0 Å².